The Hall–Kier alpha value is -3.14. The normalized spacial score (nSPS) is 10.4. The lowest BCUT2D eigenvalue weighted by atomic mass is 10.0. The Labute approximate surface area is 147 Å². The number of nitrogen functional groups attached to an aromatic ring is 1. The average molecular weight is 331 g/mol. The molecule has 4 nitrogen and oxygen atoms in total. The monoisotopic (exact) mass is 331 g/mol. The van der Waals surface area contributed by atoms with Crippen molar-refractivity contribution >= 4 is 17.4 Å². The molecule has 1 aromatic heterocycles. The molecule has 2 aromatic carbocycles. The van der Waals surface area contributed by atoms with Crippen LogP contribution in [0.4, 0.5) is 11.5 Å². The summed E-state index contributed by atoms with van der Waals surface area (Å²) in [4.78, 5) is 16.4. The Bertz CT molecular complexity index is 838. The Morgan fingerprint density at radius 2 is 1.60 bits per heavy atom. The number of nitrogens with one attached hydrogen (secondary N) is 1. The van der Waals surface area contributed by atoms with Crippen LogP contribution in [0.1, 0.15) is 27.0 Å². The number of hydrogen-bond acceptors (Lipinski definition) is 3. The third-order valence-corrected chi connectivity index (χ3v) is 4.17. The van der Waals surface area contributed by atoms with Crippen LogP contribution in [0.2, 0.25) is 0 Å². The zero-order chi connectivity index (χ0) is 17.6. The topological polar surface area (TPSA) is 68.0 Å². The Balaban J connectivity index is 1.63. The molecule has 0 aliphatic carbocycles. The van der Waals surface area contributed by atoms with E-state index in [9.17, 15) is 4.79 Å². The number of carbonyl (C=O) groups excluding carboxylic acids is 1. The molecule has 1 heterocycles. The molecule has 4 heteroatoms. The van der Waals surface area contributed by atoms with E-state index in [-0.39, 0.29) is 11.7 Å². The second kappa shape index (κ2) is 7.62. The Kier molecular flexibility index (Phi) is 5.09. The minimum Gasteiger partial charge on any atom is -0.383 e. The zero-order valence-corrected chi connectivity index (χ0v) is 14.2. The number of nitrogens with two attached hydrogens (primary N) is 1. The third-order valence-electron chi connectivity index (χ3n) is 4.17. The Morgan fingerprint density at radius 3 is 2.24 bits per heavy atom. The molecule has 1 amide bonds. The van der Waals surface area contributed by atoms with Crippen molar-refractivity contribution in [2.24, 2.45) is 0 Å². The number of nitrogens with zero attached hydrogens (tertiary/aromatic N) is 1. The number of hydrogen-bond donors (Lipinski definition) is 2. The molecule has 0 aliphatic heterocycles. The first kappa shape index (κ1) is 16.7. The van der Waals surface area contributed by atoms with Gasteiger partial charge in [-0.2, -0.15) is 0 Å². The lowest BCUT2D eigenvalue weighted by Gasteiger charge is -2.10. The molecule has 0 radical (unpaired) electrons. The molecule has 0 spiro atoms. The van der Waals surface area contributed by atoms with Crippen LogP contribution >= 0.6 is 0 Å². The highest BCUT2D eigenvalue weighted by atomic mass is 16.1. The molecule has 3 rings (SSSR count). The number of benzene rings is 2. The van der Waals surface area contributed by atoms with Gasteiger partial charge in [0, 0.05) is 11.9 Å². The predicted molar refractivity (Wildman–Crippen MR) is 102 cm³/mol. The smallest absolute Gasteiger partial charge is 0.259 e. The van der Waals surface area contributed by atoms with E-state index in [4.69, 9.17) is 5.73 Å². The number of carbonyl (C=O) groups is 1. The second-order valence-corrected chi connectivity index (χ2v) is 6.02. The summed E-state index contributed by atoms with van der Waals surface area (Å²) in [6.45, 7) is 1.85. The number of anilines is 2. The van der Waals surface area contributed by atoms with E-state index in [2.05, 4.69) is 34.6 Å². The highest BCUT2D eigenvalue weighted by molar-refractivity contribution is 6.08. The summed E-state index contributed by atoms with van der Waals surface area (Å²) in [6, 6.07) is 20.1. The van der Waals surface area contributed by atoms with Crippen LogP contribution in [0.25, 0.3) is 0 Å². The van der Waals surface area contributed by atoms with Gasteiger partial charge in [0.25, 0.3) is 5.91 Å². The molecule has 0 bridgehead atoms. The van der Waals surface area contributed by atoms with Crippen LogP contribution in [-0.4, -0.2) is 10.9 Å². The molecular weight excluding hydrogens is 310 g/mol. The first-order chi connectivity index (χ1) is 12.1. The second-order valence-electron chi connectivity index (χ2n) is 6.02. The summed E-state index contributed by atoms with van der Waals surface area (Å²) < 4.78 is 0. The molecule has 3 aromatic rings. The summed E-state index contributed by atoms with van der Waals surface area (Å²) in [5.41, 5.74) is 10.4. The summed E-state index contributed by atoms with van der Waals surface area (Å²) in [5.74, 6) is 0.0112. The summed E-state index contributed by atoms with van der Waals surface area (Å²) in [7, 11) is 0. The van der Waals surface area contributed by atoms with Crippen molar-refractivity contribution in [3.63, 3.8) is 0 Å². The number of aryl methyl sites for hydroxylation is 3. The molecule has 0 fully saturated rings. The fourth-order valence-corrected chi connectivity index (χ4v) is 2.76. The number of amides is 1. The van der Waals surface area contributed by atoms with Gasteiger partial charge >= 0.3 is 0 Å². The maximum absolute atomic E-state index is 12.4. The standard InChI is InChI=1S/C21H21N3O/c1-15-13-14-23-20(22)19(15)21(25)24-18-11-9-17(10-12-18)8-7-16-5-3-2-4-6-16/h2-6,9-14H,7-8H2,1H3,(H2,22,23)(H,24,25). The van der Waals surface area contributed by atoms with E-state index in [1.54, 1.807) is 12.3 Å². The largest absolute Gasteiger partial charge is 0.383 e. The molecule has 0 unspecified atom stereocenters. The van der Waals surface area contributed by atoms with Crippen molar-refractivity contribution in [2.75, 3.05) is 11.1 Å². The molecule has 0 saturated heterocycles. The van der Waals surface area contributed by atoms with Crippen LogP contribution in [-0.2, 0) is 12.8 Å². The van der Waals surface area contributed by atoms with Crippen molar-refractivity contribution in [1.29, 1.82) is 0 Å². The van der Waals surface area contributed by atoms with Crippen molar-refractivity contribution < 1.29 is 4.79 Å². The number of rotatable bonds is 5. The van der Waals surface area contributed by atoms with Crippen molar-refractivity contribution in [1.82, 2.24) is 4.98 Å². The van der Waals surface area contributed by atoms with Gasteiger partial charge in [0.2, 0.25) is 0 Å². The maximum Gasteiger partial charge on any atom is 0.259 e. The fraction of sp³-hybridized carbons (Fsp3) is 0.143. The summed E-state index contributed by atoms with van der Waals surface area (Å²) >= 11 is 0. The van der Waals surface area contributed by atoms with E-state index in [1.165, 1.54) is 11.1 Å². The van der Waals surface area contributed by atoms with Crippen molar-refractivity contribution in [3.05, 3.63) is 89.1 Å². The highest BCUT2D eigenvalue weighted by Gasteiger charge is 2.13. The van der Waals surface area contributed by atoms with Gasteiger partial charge in [0.05, 0.1) is 5.56 Å². The van der Waals surface area contributed by atoms with Crippen LogP contribution < -0.4 is 11.1 Å². The van der Waals surface area contributed by atoms with Gasteiger partial charge in [0.1, 0.15) is 5.82 Å². The van der Waals surface area contributed by atoms with E-state index < -0.39 is 0 Å². The minimum absolute atomic E-state index is 0.236. The van der Waals surface area contributed by atoms with Gasteiger partial charge in [0.15, 0.2) is 0 Å². The SMILES string of the molecule is Cc1ccnc(N)c1C(=O)Nc1ccc(CCc2ccccc2)cc1. The van der Waals surface area contributed by atoms with Crippen LogP contribution in [0.5, 0.6) is 0 Å². The minimum atomic E-state index is -0.236. The quantitative estimate of drug-likeness (QED) is 0.742. The van der Waals surface area contributed by atoms with E-state index in [0.717, 1.165) is 24.1 Å². The summed E-state index contributed by atoms with van der Waals surface area (Å²) in [5, 5.41) is 2.88. The van der Waals surface area contributed by atoms with Gasteiger partial charge in [-0.3, -0.25) is 4.79 Å². The molecule has 0 atom stereocenters. The van der Waals surface area contributed by atoms with Crippen LogP contribution in [0.3, 0.4) is 0 Å². The molecular formula is C21H21N3O. The van der Waals surface area contributed by atoms with E-state index in [0.29, 0.717) is 5.56 Å². The van der Waals surface area contributed by atoms with Crippen molar-refractivity contribution in [3.8, 4) is 0 Å². The summed E-state index contributed by atoms with van der Waals surface area (Å²) in [6.07, 6.45) is 3.56. The fourth-order valence-electron chi connectivity index (χ4n) is 2.76. The number of pyridine rings is 1. The molecule has 0 saturated carbocycles. The highest BCUT2D eigenvalue weighted by Crippen LogP contribution is 2.17. The molecule has 3 N–H and O–H groups in total. The van der Waals surface area contributed by atoms with Gasteiger partial charge < -0.3 is 11.1 Å². The molecule has 25 heavy (non-hydrogen) atoms. The van der Waals surface area contributed by atoms with Gasteiger partial charge in [-0.05, 0) is 54.7 Å². The molecule has 0 aliphatic rings. The van der Waals surface area contributed by atoms with E-state index >= 15 is 0 Å². The Morgan fingerprint density at radius 1 is 0.960 bits per heavy atom. The van der Waals surface area contributed by atoms with Gasteiger partial charge in [-0.25, -0.2) is 4.98 Å². The van der Waals surface area contributed by atoms with E-state index in [1.807, 2.05) is 37.3 Å². The van der Waals surface area contributed by atoms with Crippen LogP contribution in [0.15, 0.2) is 66.9 Å². The average Bonchev–Trinajstić information content (AvgIpc) is 2.62. The lowest BCUT2D eigenvalue weighted by molar-refractivity contribution is 0.102. The lowest BCUT2D eigenvalue weighted by Crippen LogP contribution is -2.16. The van der Waals surface area contributed by atoms with Crippen LogP contribution in [0, 0.1) is 6.92 Å². The first-order valence-electron chi connectivity index (χ1n) is 8.29. The molecule has 126 valence electrons. The third kappa shape index (κ3) is 4.23. The maximum atomic E-state index is 12.4. The predicted octanol–water partition coefficient (Wildman–Crippen LogP) is 4.01. The number of aromatic nitrogens is 1. The van der Waals surface area contributed by atoms with Gasteiger partial charge in [-0.15, -0.1) is 0 Å². The van der Waals surface area contributed by atoms with Crippen molar-refractivity contribution in [2.45, 2.75) is 19.8 Å². The van der Waals surface area contributed by atoms with Gasteiger partial charge in [-0.1, -0.05) is 42.5 Å². The first-order valence-corrected chi connectivity index (χ1v) is 8.29. The zero-order valence-electron chi connectivity index (χ0n) is 14.2.